The van der Waals surface area contributed by atoms with Crippen molar-refractivity contribution in [3.8, 4) is 0 Å². The van der Waals surface area contributed by atoms with Crippen LogP contribution in [0.5, 0.6) is 0 Å². The van der Waals surface area contributed by atoms with Gasteiger partial charge in [0.2, 0.25) is 0 Å². The van der Waals surface area contributed by atoms with Crippen LogP contribution in [0.15, 0.2) is 36.7 Å². The molecule has 144 valence electrons. The summed E-state index contributed by atoms with van der Waals surface area (Å²) < 4.78 is 0. The van der Waals surface area contributed by atoms with Gasteiger partial charge in [-0.05, 0) is 51.4 Å². The minimum absolute atomic E-state index is 0.0931. The van der Waals surface area contributed by atoms with Crippen molar-refractivity contribution in [3.63, 3.8) is 0 Å². The molecule has 0 spiro atoms. The van der Waals surface area contributed by atoms with Crippen LogP contribution >= 0.6 is 11.3 Å². The second kappa shape index (κ2) is 8.12. The van der Waals surface area contributed by atoms with Gasteiger partial charge in [-0.15, -0.1) is 11.3 Å². The van der Waals surface area contributed by atoms with E-state index < -0.39 is 0 Å². The number of carbonyl (C=O) groups excluding carboxylic acids is 1. The van der Waals surface area contributed by atoms with Crippen LogP contribution < -0.4 is 5.32 Å². The number of pyridine rings is 1. The molecule has 1 N–H and O–H groups in total. The van der Waals surface area contributed by atoms with Gasteiger partial charge in [-0.2, -0.15) is 0 Å². The Morgan fingerprint density at radius 3 is 2.93 bits per heavy atom. The van der Waals surface area contributed by atoms with Gasteiger partial charge in [-0.25, -0.2) is 15.0 Å². The third kappa shape index (κ3) is 4.23. The molecule has 0 radical (unpaired) electrons. The number of carbonyl (C=O) groups is 1. The van der Waals surface area contributed by atoms with E-state index in [-0.39, 0.29) is 11.9 Å². The molecule has 0 aromatic carbocycles. The Bertz CT molecular complexity index is 974. The summed E-state index contributed by atoms with van der Waals surface area (Å²) in [5.41, 5.74) is 2.19. The van der Waals surface area contributed by atoms with Gasteiger partial charge in [0.1, 0.15) is 11.5 Å². The lowest BCUT2D eigenvalue weighted by atomic mass is 10.2. The topological polar surface area (TPSA) is 83.9 Å². The fourth-order valence-corrected chi connectivity index (χ4v) is 4.10. The molecule has 1 fully saturated rings. The van der Waals surface area contributed by atoms with Crippen molar-refractivity contribution < 1.29 is 4.79 Å². The number of hydrogen-bond acceptors (Lipinski definition) is 7. The lowest BCUT2D eigenvalue weighted by Gasteiger charge is -2.23. The average Bonchev–Trinajstić information content (AvgIpc) is 3.31. The van der Waals surface area contributed by atoms with Crippen LogP contribution in [0.1, 0.15) is 51.5 Å². The van der Waals surface area contributed by atoms with E-state index in [0.717, 1.165) is 42.2 Å². The fraction of sp³-hybridized carbons (Fsp3) is 0.350. The van der Waals surface area contributed by atoms with Crippen molar-refractivity contribution in [1.82, 2.24) is 24.8 Å². The highest BCUT2D eigenvalue weighted by Crippen LogP contribution is 2.31. The third-order valence-electron chi connectivity index (χ3n) is 4.70. The monoisotopic (exact) mass is 394 g/mol. The molecule has 0 bridgehead atoms. The molecule has 0 saturated carbocycles. The molecular formula is C20H22N6OS. The van der Waals surface area contributed by atoms with Crippen molar-refractivity contribution in [2.24, 2.45) is 0 Å². The van der Waals surface area contributed by atoms with E-state index in [9.17, 15) is 4.79 Å². The number of hydrogen-bond donors (Lipinski definition) is 1. The zero-order valence-corrected chi connectivity index (χ0v) is 16.7. The fourth-order valence-electron chi connectivity index (χ4n) is 3.44. The summed E-state index contributed by atoms with van der Waals surface area (Å²) in [6, 6.07) is 7.76. The Morgan fingerprint density at radius 2 is 2.18 bits per heavy atom. The smallest absolute Gasteiger partial charge is 0.276 e. The zero-order chi connectivity index (χ0) is 19.5. The minimum atomic E-state index is -0.254. The number of aryl methyl sites for hydroxylation is 2. The summed E-state index contributed by atoms with van der Waals surface area (Å²) in [6.07, 6.45) is 5.61. The summed E-state index contributed by atoms with van der Waals surface area (Å²) in [4.78, 5) is 33.9. The zero-order valence-electron chi connectivity index (χ0n) is 15.9. The molecule has 7 nitrogen and oxygen atoms in total. The van der Waals surface area contributed by atoms with Gasteiger partial charge in [0, 0.05) is 29.5 Å². The maximum atomic E-state index is 12.7. The SMILES string of the molecule is Cc1cc(C(=O)Nc2ncc(C)s2)nc(C2CCCN2Cc2ccccn2)n1. The van der Waals surface area contributed by atoms with Gasteiger partial charge in [0.05, 0.1) is 11.7 Å². The molecule has 1 amide bonds. The average molecular weight is 395 g/mol. The number of thiazole rings is 1. The van der Waals surface area contributed by atoms with Crippen LogP contribution in [-0.2, 0) is 6.54 Å². The predicted octanol–water partition coefficient (Wildman–Crippen LogP) is 3.53. The van der Waals surface area contributed by atoms with Crippen LogP contribution in [-0.4, -0.2) is 37.3 Å². The van der Waals surface area contributed by atoms with E-state index in [1.54, 1.807) is 12.3 Å². The lowest BCUT2D eigenvalue weighted by Crippen LogP contribution is -2.26. The molecular weight excluding hydrogens is 372 g/mol. The maximum absolute atomic E-state index is 12.7. The van der Waals surface area contributed by atoms with E-state index >= 15 is 0 Å². The number of rotatable bonds is 5. The first-order chi connectivity index (χ1) is 13.6. The van der Waals surface area contributed by atoms with Crippen molar-refractivity contribution in [1.29, 1.82) is 0 Å². The Balaban J connectivity index is 1.54. The number of amides is 1. The second-order valence-electron chi connectivity index (χ2n) is 6.93. The van der Waals surface area contributed by atoms with Crippen molar-refractivity contribution in [3.05, 3.63) is 64.4 Å². The number of nitrogens with zero attached hydrogens (tertiary/aromatic N) is 5. The Labute approximate surface area is 167 Å². The van der Waals surface area contributed by atoms with Gasteiger partial charge in [0.25, 0.3) is 5.91 Å². The molecule has 1 aliphatic rings. The summed E-state index contributed by atoms with van der Waals surface area (Å²) >= 11 is 1.44. The van der Waals surface area contributed by atoms with Crippen LogP contribution in [0, 0.1) is 13.8 Å². The molecule has 4 heterocycles. The van der Waals surface area contributed by atoms with Crippen LogP contribution in [0.25, 0.3) is 0 Å². The number of likely N-dealkylation sites (tertiary alicyclic amines) is 1. The molecule has 8 heteroatoms. The molecule has 0 aliphatic carbocycles. The largest absolute Gasteiger partial charge is 0.296 e. The predicted molar refractivity (Wildman–Crippen MR) is 108 cm³/mol. The summed E-state index contributed by atoms with van der Waals surface area (Å²) in [6.45, 7) is 5.57. The summed E-state index contributed by atoms with van der Waals surface area (Å²) in [5, 5.41) is 3.41. The molecule has 3 aromatic rings. The standard InChI is InChI=1S/C20H22N6OS/c1-13-10-16(19(27)25-20-22-11-14(2)28-20)24-18(23-13)17-7-5-9-26(17)12-15-6-3-4-8-21-15/h3-4,6,8,10-11,17H,5,7,9,12H2,1-2H3,(H,22,25,27). The number of nitrogens with one attached hydrogen (secondary N) is 1. The van der Waals surface area contributed by atoms with Crippen LogP contribution in [0.3, 0.4) is 0 Å². The molecule has 1 aliphatic heterocycles. The first-order valence-corrected chi connectivity index (χ1v) is 10.1. The summed E-state index contributed by atoms with van der Waals surface area (Å²) in [7, 11) is 0. The van der Waals surface area contributed by atoms with Crippen molar-refractivity contribution in [2.45, 2.75) is 39.3 Å². The van der Waals surface area contributed by atoms with Gasteiger partial charge >= 0.3 is 0 Å². The molecule has 28 heavy (non-hydrogen) atoms. The van der Waals surface area contributed by atoms with Gasteiger partial charge < -0.3 is 0 Å². The first kappa shape index (κ1) is 18.6. The highest BCUT2D eigenvalue weighted by atomic mass is 32.1. The van der Waals surface area contributed by atoms with Gasteiger partial charge in [0.15, 0.2) is 5.13 Å². The quantitative estimate of drug-likeness (QED) is 0.713. The van der Waals surface area contributed by atoms with Crippen LogP contribution in [0.4, 0.5) is 5.13 Å². The second-order valence-corrected chi connectivity index (χ2v) is 8.17. The normalized spacial score (nSPS) is 17.0. The van der Waals surface area contributed by atoms with Gasteiger partial charge in [-0.3, -0.25) is 20.0 Å². The Morgan fingerprint density at radius 1 is 1.29 bits per heavy atom. The van der Waals surface area contributed by atoms with E-state index in [4.69, 9.17) is 0 Å². The van der Waals surface area contributed by atoms with Gasteiger partial charge in [-0.1, -0.05) is 6.07 Å². The molecule has 1 saturated heterocycles. The third-order valence-corrected chi connectivity index (χ3v) is 5.53. The van der Waals surface area contributed by atoms with E-state index in [2.05, 4.69) is 30.2 Å². The summed E-state index contributed by atoms with van der Waals surface area (Å²) in [5.74, 6) is 0.448. The molecule has 3 aromatic heterocycles. The molecule has 1 unspecified atom stereocenters. The number of anilines is 1. The first-order valence-electron chi connectivity index (χ1n) is 9.32. The van der Waals surface area contributed by atoms with Crippen LogP contribution in [0.2, 0.25) is 0 Å². The van der Waals surface area contributed by atoms with Crippen molar-refractivity contribution in [2.75, 3.05) is 11.9 Å². The van der Waals surface area contributed by atoms with E-state index in [1.807, 2.05) is 38.2 Å². The molecule has 4 rings (SSSR count). The van der Waals surface area contributed by atoms with E-state index in [0.29, 0.717) is 16.6 Å². The number of aromatic nitrogens is 4. The Hall–Kier alpha value is -2.71. The Kier molecular flexibility index (Phi) is 5.40. The molecule has 1 atom stereocenters. The highest BCUT2D eigenvalue weighted by Gasteiger charge is 2.29. The highest BCUT2D eigenvalue weighted by molar-refractivity contribution is 7.15. The van der Waals surface area contributed by atoms with E-state index in [1.165, 1.54) is 11.3 Å². The minimum Gasteiger partial charge on any atom is -0.296 e. The lowest BCUT2D eigenvalue weighted by molar-refractivity contribution is 0.102. The maximum Gasteiger partial charge on any atom is 0.276 e. The van der Waals surface area contributed by atoms with Crippen molar-refractivity contribution >= 4 is 22.4 Å².